The van der Waals surface area contributed by atoms with E-state index in [4.69, 9.17) is 6.42 Å². The highest BCUT2D eigenvalue weighted by atomic mass is 19.1. The first-order valence-electron chi connectivity index (χ1n) is 10.9. The molecule has 1 aliphatic heterocycles. The van der Waals surface area contributed by atoms with Crippen LogP contribution in [0.2, 0.25) is 0 Å². The lowest BCUT2D eigenvalue weighted by atomic mass is 9.71. The van der Waals surface area contributed by atoms with E-state index in [0.29, 0.717) is 36.0 Å². The fourth-order valence-corrected chi connectivity index (χ4v) is 4.51. The van der Waals surface area contributed by atoms with Gasteiger partial charge in [-0.2, -0.15) is 4.98 Å². The lowest BCUT2D eigenvalue weighted by molar-refractivity contribution is -0.117. The van der Waals surface area contributed by atoms with Crippen molar-refractivity contribution >= 4 is 23.4 Å². The third-order valence-corrected chi connectivity index (χ3v) is 6.66. The maximum Gasteiger partial charge on any atom is 0.232 e. The highest BCUT2D eigenvalue weighted by molar-refractivity contribution is 6.02. The van der Waals surface area contributed by atoms with E-state index in [-0.39, 0.29) is 29.1 Å². The molecule has 32 heavy (non-hydrogen) atoms. The monoisotopic (exact) mass is 437 g/mol. The summed E-state index contributed by atoms with van der Waals surface area (Å²) in [4.78, 5) is 21.1. The van der Waals surface area contributed by atoms with Crippen molar-refractivity contribution in [3.8, 4) is 12.3 Å². The Morgan fingerprint density at radius 1 is 1.38 bits per heavy atom. The van der Waals surface area contributed by atoms with Crippen LogP contribution in [0.4, 0.5) is 21.8 Å². The fourth-order valence-electron chi connectivity index (χ4n) is 4.51. The number of nitrogens with zero attached hydrogens (tertiary/aromatic N) is 2. The molecule has 1 aromatic carbocycles. The van der Waals surface area contributed by atoms with Crippen LogP contribution in [0.1, 0.15) is 56.6 Å². The number of carbonyl (C=O) groups excluding carboxylic acids is 1. The Balaban J connectivity index is 1.43. The van der Waals surface area contributed by atoms with Crippen LogP contribution < -0.4 is 16.0 Å². The summed E-state index contributed by atoms with van der Waals surface area (Å²) in [5, 5.41) is 19.7. The van der Waals surface area contributed by atoms with E-state index in [1.165, 1.54) is 12.1 Å². The molecule has 0 saturated heterocycles. The number of nitrogens with one attached hydrogen (secondary N) is 3. The Bertz CT molecular complexity index is 1060. The normalized spacial score (nSPS) is 23.7. The summed E-state index contributed by atoms with van der Waals surface area (Å²) in [6, 6.07) is 4.38. The number of hydrogen-bond donors (Lipinski definition) is 4. The second-order valence-electron chi connectivity index (χ2n) is 9.05. The van der Waals surface area contributed by atoms with Gasteiger partial charge in [0.1, 0.15) is 11.6 Å². The Hall–Kier alpha value is -3.18. The van der Waals surface area contributed by atoms with Gasteiger partial charge in [-0.3, -0.25) is 4.79 Å². The first kappa shape index (κ1) is 22.0. The van der Waals surface area contributed by atoms with Crippen LogP contribution in [-0.2, 0) is 4.79 Å². The number of halogens is 1. The van der Waals surface area contributed by atoms with Crippen molar-refractivity contribution in [1.29, 1.82) is 0 Å². The molecule has 1 unspecified atom stereocenters. The smallest absolute Gasteiger partial charge is 0.232 e. The number of rotatable bonds is 6. The number of aromatic nitrogens is 2. The molecule has 2 aliphatic rings. The molecule has 1 aliphatic carbocycles. The number of aliphatic hydroxyl groups excluding tert-OH is 1. The van der Waals surface area contributed by atoms with Gasteiger partial charge in [0.15, 0.2) is 0 Å². The fraction of sp³-hybridized carbons (Fsp3) is 0.458. The van der Waals surface area contributed by atoms with Crippen molar-refractivity contribution in [1.82, 2.24) is 9.97 Å². The van der Waals surface area contributed by atoms with Crippen LogP contribution in [0, 0.1) is 23.6 Å². The summed E-state index contributed by atoms with van der Waals surface area (Å²) in [5.41, 5.74) is 1.56. The van der Waals surface area contributed by atoms with E-state index in [1.807, 2.05) is 13.8 Å². The SMILES string of the molecule is C#Cc1cnc(NCCC2C(=O)Nc3cc(F)ccc32)nc1N[C@@H]1CCC[C@H](O)C1(C)C. The Morgan fingerprint density at radius 2 is 2.19 bits per heavy atom. The van der Waals surface area contributed by atoms with Crippen LogP contribution >= 0.6 is 0 Å². The molecular weight excluding hydrogens is 409 g/mol. The van der Waals surface area contributed by atoms with Crippen LogP contribution in [0.5, 0.6) is 0 Å². The van der Waals surface area contributed by atoms with Crippen LogP contribution in [0.15, 0.2) is 24.4 Å². The maximum atomic E-state index is 13.4. The molecule has 3 atom stereocenters. The Morgan fingerprint density at radius 3 is 2.97 bits per heavy atom. The molecule has 0 bridgehead atoms. The van der Waals surface area contributed by atoms with Gasteiger partial charge in [-0.05, 0) is 43.4 Å². The number of hydrogen-bond acceptors (Lipinski definition) is 6. The molecule has 2 aromatic rings. The summed E-state index contributed by atoms with van der Waals surface area (Å²) in [7, 11) is 0. The zero-order valence-electron chi connectivity index (χ0n) is 18.3. The summed E-state index contributed by atoms with van der Waals surface area (Å²) < 4.78 is 13.4. The van der Waals surface area contributed by atoms with E-state index in [9.17, 15) is 14.3 Å². The van der Waals surface area contributed by atoms with Gasteiger partial charge in [0.2, 0.25) is 11.9 Å². The molecule has 1 saturated carbocycles. The van der Waals surface area contributed by atoms with Gasteiger partial charge in [0, 0.05) is 23.7 Å². The second-order valence-corrected chi connectivity index (χ2v) is 9.05. The number of amides is 1. The van der Waals surface area contributed by atoms with Crippen molar-refractivity contribution in [2.75, 3.05) is 22.5 Å². The highest BCUT2D eigenvalue weighted by Crippen LogP contribution is 2.38. The zero-order valence-corrected chi connectivity index (χ0v) is 18.3. The molecule has 168 valence electrons. The first-order valence-corrected chi connectivity index (χ1v) is 10.9. The van der Waals surface area contributed by atoms with Crippen molar-refractivity contribution in [2.45, 2.75) is 57.6 Å². The standard InChI is InChI=1S/C24H28FN5O2/c1-4-14-13-27-23(30-21(14)29-19-6-5-7-20(31)24(19,2)3)26-11-10-17-16-9-8-15(25)12-18(16)28-22(17)32/h1,8-9,12-13,17,19-20,31H,5-7,10-11H2,2-3H3,(H,28,32)(H2,26,27,29,30)/t17?,19-,20+/m1/s1. The predicted octanol–water partition coefficient (Wildman–Crippen LogP) is 3.49. The Kier molecular flexibility index (Phi) is 6.02. The lowest BCUT2D eigenvalue weighted by Crippen LogP contribution is -2.48. The van der Waals surface area contributed by atoms with Crippen molar-refractivity contribution in [3.63, 3.8) is 0 Å². The topological polar surface area (TPSA) is 99.2 Å². The number of terminal acetylenes is 1. The molecular formula is C24H28FN5O2. The summed E-state index contributed by atoms with van der Waals surface area (Å²) in [5.74, 6) is 2.69. The van der Waals surface area contributed by atoms with E-state index in [0.717, 1.165) is 24.8 Å². The summed E-state index contributed by atoms with van der Waals surface area (Å²) in [6.07, 6.45) is 9.98. The van der Waals surface area contributed by atoms with Crippen LogP contribution in [0.25, 0.3) is 0 Å². The van der Waals surface area contributed by atoms with Gasteiger partial charge < -0.3 is 21.1 Å². The van der Waals surface area contributed by atoms with Crippen LogP contribution in [0.3, 0.4) is 0 Å². The molecule has 2 heterocycles. The molecule has 7 nitrogen and oxygen atoms in total. The Labute approximate surface area is 187 Å². The molecule has 1 amide bonds. The summed E-state index contributed by atoms with van der Waals surface area (Å²) in [6.45, 7) is 4.54. The van der Waals surface area contributed by atoms with E-state index < -0.39 is 6.10 Å². The number of aliphatic hydroxyl groups is 1. The van der Waals surface area contributed by atoms with E-state index >= 15 is 0 Å². The van der Waals surface area contributed by atoms with Crippen LogP contribution in [-0.4, -0.2) is 39.7 Å². The van der Waals surface area contributed by atoms with Gasteiger partial charge >= 0.3 is 0 Å². The summed E-state index contributed by atoms with van der Waals surface area (Å²) >= 11 is 0. The highest BCUT2D eigenvalue weighted by Gasteiger charge is 2.39. The average Bonchev–Trinajstić information content (AvgIpc) is 3.06. The minimum Gasteiger partial charge on any atom is -0.392 e. The number of carbonyl (C=O) groups is 1. The zero-order chi connectivity index (χ0) is 22.9. The molecule has 1 fully saturated rings. The van der Waals surface area contributed by atoms with E-state index in [1.54, 1.807) is 12.3 Å². The lowest BCUT2D eigenvalue weighted by Gasteiger charge is -2.43. The molecule has 1 aromatic heterocycles. The predicted molar refractivity (Wildman–Crippen MR) is 122 cm³/mol. The molecule has 4 N–H and O–H groups in total. The average molecular weight is 438 g/mol. The maximum absolute atomic E-state index is 13.4. The molecule has 8 heteroatoms. The third kappa shape index (κ3) is 4.26. The third-order valence-electron chi connectivity index (χ3n) is 6.66. The van der Waals surface area contributed by atoms with Crippen molar-refractivity contribution < 1.29 is 14.3 Å². The first-order chi connectivity index (χ1) is 15.3. The molecule has 4 rings (SSSR count). The number of benzene rings is 1. The van der Waals surface area contributed by atoms with Gasteiger partial charge in [-0.25, -0.2) is 9.37 Å². The van der Waals surface area contributed by atoms with Gasteiger partial charge in [0.25, 0.3) is 0 Å². The quantitative estimate of drug-likeness (QED) is 0.517. The largest absolute Gasteiger partial charge is 0.392 e. The molecule has 0 spiro atoms. The van der Waals surface area contributed by atoms with Crippen molar-refractivity contribution in [3.05, 3.63) is 41.3 Å². The minimum atomic E-state index is -0.392. The second kappa shape index (κ2) is 8.75. The minimum absolute atomic E-state index is 0.0279. The number of fused-ring (bicyclic) bond motifs is 1. The van der Waals surface area contributed by atoms with Gasteiger partial charge in [-0.15, -0.1) is 6.42 Å². The van der Waals surface area contributed by atoms with Gasteiger partial charge in [-0.1, -0.05) is 25.8 Å². The number of anilines is 3. The molecule has 0 radical (unpaired) electrons. The van der Waals surface area contributed by atoms with Gasteiger partial charge in [0.05, 0.1) is 23.8 Å². The van der Waals surface area contributed by atoms with E-state index in [2.05, 4.69) is 31.8 Å². The van der Waals surface area contributed by atoms with Crippen molar-refractivity contribution in [2.24, 2.45) is 5.41 Å².